The molecule has 0 saturated carbocycles. The number of aliphatic carboxylic acids is 1. The molecule has 1 aromatic rings. The second-order valence-electron chi connectivity index (χ2n) is 4.48. The van der Waals surface area contributed by atoms with Crippen LogP contribution >= 0.6 is 0 Å². The summed E-state index contributed by atoms with van der Waals surface area (Å²) in [4.78, 5) is 12.5. The highest BCUT2D eigenvalue weighted by molar-refractivity contribution is 5.66. The van der Waals surface area contributed by atoms with Gasteiger partial charge in [0.15, 0.2) is 0 Å². The van der Waals surface area contributed by atoms with Gasteiger partial charge in [-0.05, 0) is 31.1 Å². The summed E-state index contributed by atoms with van der Waals surface area (Å²) in [6, 6.07) is 8.29. The number of carboxylic acid groups (broad SMARTS) is 1. The van der Waals surface area contributed by atoms with Crippen molar-refractivity contribution in [2.24, 2.45) is 0 Å². The van der Waals surface area contributed by atoms with Gasteiger partial charge < -0.3 is 14.7 Å². The Balaban J connectivity index is 2.34. The number of carboxylic acids is 1. The largest absolute Gasteiger partial charge is 0.481 e. The smallest absolute Gasteiger partial charge is 0.303 e. The first-order chi connectivity index (χ1) is 8.61. The van der Waals surface area contributed by atoms with Gasteiger partial charge in [-0.15, -0.1) is 0 Å². The summed E-state index contributed by atoms with van der Waals surface area (Å²) in [7, 11) is 3.69. The molecule has 0 aliphatic heterocycles. The van der Waals surface area contributed by atoms with E-state index in [0.29, 0.717) is 13.0 Å². The lowest BCUT2D eigenvalue weighted by atomic mass is 10.1. The summed E-state index contributed by atoms with van der Waals surface area (Å²) in [6.45, 7) is 2.27. The average molecular weight is 251 g/mol. The maximum atomic E-state index is 10.4. The van der Waals surface area contributed by atoms with Crippen molar-refractivity contribution < 1.29 is 14.6 Å². The Labute approximate surface area is 108 Å². The Bertz CT molecular complexity index is 362. The maximum Gasteiger partial charge on any atom is 0.303 e. The molecule has 1 N–H and O–H groups in total. The van der Waals surface area contributed by atoms with Crippen molar-refractivity contribution in [1.82, 2.24) is 4.90 Å². The van der Waals surface area contributed by atoms with Gasteiger partial charge in [-0.1, -0.05) is 24.3 Å². The van der Waals surface area contributed by atoms with Gasteiger partial charge in [0.2, 0.25) is 0 Å². The van der Waals surface area contributed by atoms with Crippen LogP contribution in [0.3, 0.4) is 0 Å². The maximum absolute atomic E-state index is 10.4. The highest BCUT2D eigenvalue weighted by atomic mass is 16.5. The van der Waals surface area contributed by atoms with Crippen LogP contribution in [0, 0.1) is 0 Å². The molecular weight excluding hydrogens is 230 g/mol. The minimum atomic E-state index is -0.729. The first-order valence-corrected chi connectivity index (χ1v) is 6.09. The summed E-state index contributed by atoms with van der Waals surface area (Å²) in [5.41, 5.74) is 2.39. The summed E-state index contributed by atoms with van der Waals surface area (Å²) in [5.74, 6) is -0.729. The number of methoxy groups -OCH3 is 1. The van der Waals surface area contributed by atoms with Gasteiger partial charge in [0.1, 0.15) is 0 Å². The van der Waals surface area contributed by atoms with Crippen LogP contribution in [0.1, 0.15) is 24.0 Å². The van der Waals surface area contributed by atoms with Crippen molar-refractivity contribution in [2.75, 3.05) is 20.7 Å². The van der Waals surface area contributed by atoms with Gasteiger partial charge in [0, 0.05) is 20.1 Å². The highest BCUT2D eigenvalue weighted by Gasteiger charge is 2.02. The van der Waals surface area contributed by atoms with Crippen molar-refractivity contribution in [3.63, 3.8) is 0 Å². The van der Waals surface area contributed by atoms with Crippen LogP contribution in [0.2, 0.25) is 0 Å². The summed E-state index contributed by atoms with van der Waals surface area (Å²) in [6.07, 6.45) is 0.921. The molecule has 0 atom stereocenters. The van der Waals surface area contributed by atoms with Gasteiger partial charge >= 0.3 is 5.97 Å². The van der Waals surface area contributed by atoms with Gasteiger partial charge in [-0.25, -0.2) is 0 Å². The first-order valence-electron chi connectivity index (χ1n) is 6.09. The number of ether oxygens (including phenoxy) is 1. The van der Waals surface area contributed by atoms with E-state index in [2.05, 4.69) is 29.2 Å². The van der Waals surface area contributed by atoms with Crippen LogP contribution in [0.5, 0.6) is 0 Å². The summed E-state index contributed by atoms with van der Waals surface area (Å²) >= 11 is 0. The number of carbonyl (C=O) groups is 1. The second kappa shape index (κ2) is 7.84. The molecule has 0 spiro atoms. The average Bonchev–Trinajstić information content (AvgIpc) is 2.31. The lowest BCUT2D eigenvalue weighted by Crippen LogP contribution is -2.19. The predicted octanol–water partition coefficient (Wildman–Crippen LogP) is 2.13. The molecule has 100 valence electrons. The van der Waals surface area contributed by atoms with E-state index >= 15 is 0 Å². The van der Waals surface area contributed by atoms with Gasteiger partial charge in [0.25, 0.3) is 0 Å². The van der Waals surface area contributed by atoms with Crippen LogP contribution in [0.15, 0.2) is 24.3 Å². The molecular formula is C14H21NO3. The fourth-order valence-electron chi connectivity index (χ4n) is 1.80. The number of nitrogens with zero attached hydrogens (tertiary/aromatic N) is 1. The number of hydrogen-bond acceptors (Lipinski definition) is 3. The molecule has 1 aromatic carbocycles. The minimum absolute atomic E-state index is 0.233. The Hall–Kier alpha value is -1.39. The predicted molar refractivity (Wildman–Crippen MR) is 70.4 cm³/mol. The normalized spacial score (nSPS) is 10.8. The zero-order valence-electron chi connectivity index (χ0n) is 11.1. The molecule has 0 bridgehead atoms. The van der Waals surface area contributed by atoms with Crippen molar-refractivity contribution >= 4 is 5.97 Å². The van der Waals surface area contributed by atoms with E-state index in [1.54, 1.807) is 7.11 Å². The number of benzene rings is 1. The lowest BCUT2D eigenvalue weighted by molar-refractivity contribution is -0.137. The third-order valence-corrected chi connectivity index (χ3v) is 2.72. The van der Waals surface area contributed by atoms with Crippen LogP contribution in [-0.4, -0.2) is 36.7 Å². The quantitative estimate of drug-likeness (QED) is 0.769. The van der Waals surface area contributed by atoms with E-state index in [1.165, 1.54) is 5.56 Å². The zero-order valence-corrected chi connectivity index (χ0v) is 11.1. The SMILES string of the molecule is COCc1ccc(CN(C)CCCC(=O)O)cc1. The van der Waals surface area contributed by atoms with E-state index in [0.717, 1.165) is 18.7 Å². The fraction of sp³-hybridized carbons (Fsp3) is 0.500. The van der Waals surface area contributed by atoms with Crippen molar-refractivity contribution in [3.8, 4) is 0 Å². The molecule has 0 fully saturated rings. The van der Waals surface area contributed by atoms with Gasteiger partial charge in [-0.3, -0.25) is 4.79 Å². The molecule has 4 nitrogen and oxygen atoms in total. The van der Waals surface area contributed by atoms with Gasteiger partial charge in [-0.2, -0.15) is 0 Å². The van der Waals surface area contributed by atoms with Gasteiger partial charge in [0.05, 0.1) is 6.61 Å². The fourth-order valence-corrected chi connectivity index (χ4v) is 1.80. The Morgan fingerprint density at radius 1 is 1.28 bits per heavy atom. The molecule has 18 heavy (non-hydrogen) atoms. The molecule has 0 heterocycles. The molecule has 0 aromatic heterocycles. The van der Waals surface area contributed by atoms with Crippen molar-refractivity contribution in [1.29, 1.82) is 0 Å². The molecule has 0 saturated heterocycles. The Morgan fingerprint density at radius 3 is 2.44 bits per heavy atom. The topological polar surface area (TPSA) is 49.8 Å². The Morgan fingerprint density at radius 2 is 1.89 bits per heavy atom. The number of rotatable bonds is 8. The molecule has 0 aliphatic rings. The Kier molecular flexibility index (Phi) is 6.39. The van der Waals surface area contributed by atoms with Crippen LogP contribution in [0.25, 0.3) is 0 Å². The van der Waals surface area contributed by atoms with Crippen LogP contribution in [-0.2, 0) is 22.7 Å². The van der Waals surface area contributed by atoms with Crippen LogP contribution in [0.4, 0.5) is 0 Å². The van der Waals surface area contributed by atoms with E-state index in [1.807, 2.05) is 7.05 Å². The van der Waals surface area contributed by atoms with Crippen molar-refractivity contribution in [3.05, 3.63) is 35.4 Å². The van der Waals surface area contributed by atoms with E-state index in [-0.39, 0.29) is 6.42 Å². The molecule has 1 rings (SSSR count). The molecule has 0 radical (unpaired) electrons. The van der Waals surface area contributed by atoms with Crippen LogP contribution < -0.4 is 0 Å². The van der Waals surface area contributed by atoms with E-state index < -0.39 is 5.97 Å². The lowest BCUT2D eigenvalue weighted by Gasteiger charge is -2.16. The van der Waals surface area contributed by atoms with Crippen molar-refractivity contribution in [2.45, 2.75) is 26.0 Å². The molecule has 0 amide bonds. The third-order valence-electron chi connectivity index (χ3n) is 2.72. The highest BCUT2D eigenvalue weighted by Crippen LogP contribution is 2.08. The van der Waals surface area contributed by atoms with E-state index in [4.69, 9.17) is 9.84 Å². The zero-order chi connectivity index (χ0) is 13.4. The summed E-state index contributed by atoms with van der Waals surface area (Å²) in [5, 5.41) is 8.57. The second-order valence-corrected chi connectivity index (χ2v) is 4.48. The minimum Gasteiger partial charge on any atom is -0.481 e. The molecule has 0 aliphatic carbocycles. The standard InChI is InChI=1S/C14H21NO3/c1-15(9-3-4-14(16)17)10-12-5-7-13(8-6-12)11-18-2/h5-8H,3-4,9-11H2,1-2H3,(H,16,17). The first kappa shape index (κ1) is 14.7. The summed E-state index contributed by atoms with van der Waals surface area (Å²) < 4.78 is 5.06. The molecule has 0 unspecified atom stereocenters. The number of hydrogen-bond donors (Lipinski definition) is 1. The molecule has 4 heteroatoms. The van der Waals surface area contributed by atoms with E-state index in [9.17, 15) is 4.79 Å². The third kappa shape index (κ3) is 5.80. The monoisotopic (exact) mass is 251 g/mol.